The SMILES string of the molecule is Cn1ccnc1-c1nc(Cl)c2c(-c3ccccc3)c(-c3ccccc3)sc2n1. The summed E-state index contributed by atoms with van der Waals surface area (Å²) in [6.45, 7) is 0. The topological polar surface area (TPSA) is 43.6 Å². The molecule has 6 heteroatoms. The Balaban J connectivity index is 1.84. The van der Waals surface area contributed by atoms with Crippen LogP contribution in [-0.2, 0) is 7.05 Å². The minimum absolute atomic E-state index is 0.445. The van der Waals surface area contributed by atoms with E-state index in [9.17, 15) is 0 Å². The summed E-state index contributed by atoms with van der Waals surface area (Å²) in [7, 11) is 1.92. The minimum atomic E-state index is 0.445. The summed E-state index contributed by atoms with van der Waals surface area (Å²) in [6.07, 6.45) is 3.60. The number of hydrogen-bond donors (Lipinski definition) is 0. The first-order valence-corrected chi connectivity index (χ1v) is 10.0. The first kappa shape index (κ1) is 17.1. The van der Waals surface area contributed by atoms with Gasteiger partial charge in [-0.3, -0.25) is 0 Å². The molecule has 136 valence electrons. The molecule has 2 aromatic carbocycles. The highest BCUT2D eigenvalue weighted by atomic mass is 35.5. The fourth-order valence-electron chi connectivity index (χ4n) is 3.31. The van der Waals surface area contributed by atoms with Gasteiger partial charge >= 0.3 is 0 Å². The largest absolute Gasteiger partial charge is 0.331 e. The Hall–Kier alpha value is -3.02. The highest BCUT2D eigenvalue weighted by Gasteiger charge is 2.21. The molecule has 0 spiro atoms. The van der Waals surface area contributed by atoms with Crippen LogP contribution in [0.2, 0.25) is 5.15 Å². The molecule has 5 aromatic rings. The van der Waals surface area contributed by atoms with E-state index < -0.39 is 0 Å². The van der Waals surface area contributed by atoms with Crippen molar-refractivity contribution in [2.24, 2.45) is 7.05 Å². The van der Waals surface area contributed by atoms with E-state index in [2.05, 4.69) is 34.2 Å². The van der Waals surface area contributed by atoms with Crippen LogP contribution < -0.4 is 0 Å². The van der Waals surface area contributed by atoms with Crippen molar-refractivity contribution in [1.82, 2.24) is 19.5 Å². The summed E-state index contributed by atoms with van der Waals surface area (Å²) in [5.41, 5.74) is 3.31. The quantitative estimate of drug-likeness (QED) is 0.343. The third kappa shape index (κ3) is 2.80. The Morgan fingerprint density at radius 2 is 1.57 bits per heavy atom. The third-order valence-electron chi connectivity index (χ3n) is 4.63. The number of halogens is 1. The van der Waals surface area contributed by atoms with Gasteiger partial charge in [-0.15, -0.1) is 11.3 Å². The number of fused-ring (bicyclic) bond motifs is 1. The van der Waals surface area contributed by atoms with Gasteiger partial charge in [-0.2, -0.15) is 0 Å². The van der Waals surface area contributed by atoms with Gasteiger partial charge in [0.05, 0.1) is 5.39 Å². The zero-order valence-electron chi connectivity index (χ0n) is 15.0. The van der Waals surface area contributed by atoms with Crippen LogP contribution in [-0.4, -0.2) is 19.5 Å². The predicted molar refractivity (Wildman–Crippen MR) is 115 cm³/mol. The molecule has 0 N–H and O–H groups in total. The van der Waals surface area contributed by atoms with E-state index in [1.807, 2.05) is 54.2 Å². The van der Waals surface area contributed by atoms with E-state index in [0.29, 0.717) is 16.8 Å². The molecule has 0 saturated heterocycles. The average molecular weight is 403 g/mol. The maximum absolute atomic E-state index is 6.71. The van der Waals surface area contributed by atoms with Crippen LogP contribution in [0.3, 0.4) is 0 Å². The lowest BCUT2D eigenvalue weighted by atomic mass is 10.0. The van der Waals surface area contributed by atoms with Crippen LogP contribution in [0.1, 0.15) is 0 Å². The number of benzene rings is 2. The summed E-state index contributed by atoms with van der Waals surface area (Å²) < 4.78 is 1.89. The molecule has 3 aromatic heterocycles. The van der Waals surface area contributed by atoms with Crippen LogP contribution in [0.5, 0.6) is 0 Å². The first-order chi connectivity index (χ1) is 13.7. The summed E-state index contributed by atoms with van der Waals surface area (Å²) in [4.78, 5) is 15.7. The van der Waals surface area contributed by atoms with Gasteiger partial charge in [0.25, 0.3) is 0 Å². The van der Waals surface area contributed by atoms with Crippen LogP contribution >= 0.6 is 22.9 Å². The van der Waals surface area contributed by atoms with Gasteiger partial charge in [0.2, 0.25) is 0 Å². The van der Waals surface area contributed by atoms with Gasteiger partial charge in [0.1, 0.15) is 9.98 Å². The van der Waals surface area contributed by atoms with Crippen molar-refractivity contribution in [3.63, 3.8) is 0 Å². The predicted octanol–water partition coefficient (Wildman–Crippen LogP) is 6.08. The molecule has 0 saturated carbocycles. The van der Waals surface area contributed by atoms with E-state index in [0.717, 1.165) is 31.8 Å². The summed E-state index contributed by atoms with van der Waals surface area (Å²) in [6, 6.07) is 20.6. The molecular formula is C22H15ClN4S. The minimum Gasteiger partial charge on any atom is -0.331 e. The second kappa shape index (κ2) is 6.86. The summed E-state index contributed by atoms with van der Waals surface area (Å²) in [5.74, 6) is 1.23. The summed E-state index contributed by atoms with van der Waals surface area (Å²) in [5, 5.41) is 1.33. The lowest BCUT2D eigenvalue weighted by molar-refractivity contribution is 0.909. The summed E-state index contributed by atoms with van der Waals surface area (Å²) >= 11 is 8.34. The normalized spacial score (nSPS) is 11.2. The maximum atomic E-state index is 6.71. The standard InChI is InChI=1S/C22H15ClN4S/c1-27-13-12-24-21(27)20-25-19(23)17-16(14-8-4-2-5-9-14)18(28-22(17)26-20)15-10-6-3-7-11-15/h2-13H,1H3. The van der Waals surface area contributed by atoms with E-state index in [4.69, 9.17) is 16.6 Å². The molecule has 0 bridgehead atoms. The van der Waals surface area contributed by atoms with Gasteiger partial charge in [0, 0.05) is 29.9 Å². The van der Waals surface area contributed by atoms with Crippen LogP contribution in [0.4, 0.5) is 0 Å². The molecule has 4 nitrogen and oxygen atoms in total. The highest BCUT2D eigenvalue weighted by Crippen LogP contribution is 2.46. The average Bonchev–Trinajstić information content (AvgIpc) is 3.33. The van der Waals surface area contributed by atoms with E-state index in [1.54, 1.807) is 17.5 Å². The first-order valence-electron chi connectivity index (χ1n) is 8.81. The fourth-order valence-corrected chi connectivity index (χ4v) is 4.84. The second-order valence-electron chi connectivity index (χ2n) is 6.42. The van der Waals surface area contributed by atoms with Crippen molar-refractivity contribution in [2.45, 2.75) is 0 Å². The Morgan fingerprint density at radius 1 is 0.893 bits per heavy atom. The molecule has 3 heterocycles. The Kier molecular flexibility index (Phi) is 4.19. The van der Waals surface area contributed by atoms with Crippen molar-refractivity contribution < 1.29 is 0 Å². The molecule has 0 aliphatic heterocycles. The number of imidazole rings is 1. The number of aromatic nitrogens is 4. The molecule has 0 radical (unpaired) electrons. The molecule has 0 aliphatic carbocycles. The fraction of sp³-hybridized carbons (Fsp3) is 0.0455. The third-order valence-corrected chi connectivity index (χ3v) is 6.03. The number of hydrogen-bond acceptors (Lipinski definition) is 4. The Bertz CT molecular complexity index is 1280. The van der Waals surface area contributed by atoms with Gasteiger partial charge in [-0.05, 0) is 11.1 Å². The molecular weight excluding hydrogens is 388 g/mol. The Labute approximate surface area is 171 Å². The monoisotopic (exact) mass is 402 g/mol. The molecule has 28 heavy (non-hydrogen) atoms. The van der Waals surface area contributed by atoms with Gasteiger partial charge in [-0.25, -0.2) is 15.0 Å². The molecule has 0 amide bonds. The van der Waals surface area contributed by atoms with Crippen molar-refractivity contribution in [3.05, 3.63) is 78.2 Å². The second-order valence-corrected chi connectivity index (χ2v) is 7.78. The van der Waals surface area contributed by atoms with Gasteiger partial charge < -0.3 is 4.57 Å². The number of thiophene rings is 1. The smallest absolute Gasteiger partial charge is 0.198 e. The highest BCUT2D eigenvalue weighted by molar-refractivity contribution is 7.22. The molecule has 0 fully saturated rings. The van der Waals surface area contributed by atoms with Crippen molar-refractivity contribution >= 4 is 33.2 Å². The van der Waals surface area contributed by atoms with Crippen LogP contribution in [0.25, 0.3) is 43.4 Å². The van der Waals surface area contributed by atoms with Gasteiger partial charge in [0.15, 0.2) is 11.6 Å². The van der Waals surface area contributed by atoms with E-state index in [1.165, 1.54) is 0 Å². The Morgan fingerprint density at radius 3 is 2.21 bits per heavy atom. The molecule has 0 atom stereocenters. The van der Waals surface area contributed by atoms with Crippen molar-refractivity contribution in [2.75, 3.05) is 0 Å². The van der Waals surface area contributed by atoms with E-state index >= 15 is 0 Å². The van der Waals surface area contributed by atoms with Crippen LogP contribution in [0.15, 0.2) is 73.1 Å². The van der Waals surface area contributed by atoms with Crippen LogP contribution in [0, 0.1) is 0 Å². The zero-order valence-corrected chi connectivity index (χ0v) is 16.6. The number of rotatable bonds is 3. The molecule has 0 aliphatic rings. The maximum Gasteiger partial charge on any atom is 0.198 e. The lowest BCUT2D eigenvalue weighted by Gasteiger charge is -2.06. The van der Waals surface area contributed by atoms with E-state index in [-0.39, 0.29) is 0 Å². The van der Waals surface area contributed by atoms with Gasteiger partial charge in [-0.1, -0.05) is 72.3 Å². The molecule has 5 rings (SSSR count). The molecule has 0 unspecified atom stereocenters. The number of nitrogens with zero attached hydrogens (tertiary/aromatic N) is 4. The lowest BCUT2D eigenvalue weighted by Crippen LogP contribution is -1.97. The van der Waals surface area contributed by atoms with Crippen molar-refractivity contribution in [3.8, 4) is 33.2 Å². The zero-order chi connectivity index (χ0) is 19.1. The number of aryl methyl sites for hydroxylation is 1. The van der Waals surface area contributed by atoms with Crippen molar-refractivity contribution in [1.29, 1.82) is 0 Å².